The van der Waals surface area contributed by atoms with Crippen molar-refractivity contribution in [3.8, 4) is 5.75 Å². The molecule has 114 valence electrons. The van der Waals surface area contributed by atoms with E-state index in [0.29, 0.717) is 35.3 Å². The zero-order valence-corrected chi connectivity index (χ0v) is 14.4. The van der Waals surface area contributed by atoms with Crippen molar-refractivity contribution in [2.24, 2.45) is 0 Å². The van der Waals surface area contributed by atoms with Gasteiger partial charge in [0.2, 0.25) is 0 Å². The Bertz CT molecular complexity index is 580. The van der Waals surface area contributed by atoms with Crippen LogP contribution in [0.25, 0.3) is 0 Å². The van der Waals surface area contributed by atoms with Crippen molar-refractivity contribution in [3.63, 3.8) is 0 Å². The lowest BCUT2D eigenvalue weighted by Gasteiger charge is -2.22. The Labute approximate surface area is 138 Å². The number of nitrogens with one attached hydrogen (secondary N) is 1. The van der Waals surface area contributed by atoms with Crippen molar-refractivity contribution in [2.45, 2.75) is 18.9 Å². The van der Waals surface area contributed by atoms with Gasteiger partial charge >= 0.3 is 12.0 Å². The van der Waals surface area contributed by atoms with Crippen molar-refractivity contribution in [2.75, 3.05) is 19.0 Å². The minimum atomic E-state index is -0.977. The van der Waals surface area contributed by atoms with E-state index < -0.39 is 18.0 Å². The molecule has 8 heteroatoms. The van der Waals surface area contributed by atoms with E-state index in [4.69, 9.17) is 9.84 Å². The fraction of sp³-hybridized carbons (Fsp3) is 0.385. The van der Waals surface area contributed by atoms with Crippen LogP contribution in [0.4, 0.5) is 10.5 Å². The summed E-state index contributed by atoms with van der Waals surface area (Å²) in [6.45, 7) is 0.439. The number of halogens is 2. The van der Waals surface area contributed by atoms with Crippen LogP contribution < -0.4 is 10.1 Å². The lowest BCUT2D eigenvalue weighted by Crippen LogP contribution is -2.42. The number of hydrogen-bond donors (Lipinski definition) is 2. The van der Waals surface area contributed by atoms with Crippen LogP contribution in [0.15, 0.2) is 21.1 Å². The highest BCUT2D eigenvalue weighted by molar-refractivity contribution is 9.11. The van der Waals surface area contributed by atoms with Crippen molar-refractivity contribution in [3.05, 3.63) is 21.1 Å². The number of carboxylic acids is 1. The van der Waals surface area contributed by atoms with Crippen molar-refractivity contribution in [1.82, 2.24) is 4.90 Å². The molecule has 0 radical (unpaired) electrons. The molecule has 1 unspecified atom stereocenters. The van der Waals surface area contributed by atoms with E-state index in [2.05, 4.69) is 37.2 Å². The summed E-state index contributed by atoms with van der Waals surface area (Å²) in [5.41, 5.74) is 0.524. The maximum atomic E-state index is 12.2. The average molecular weight is 422 g/mol. The quantitative estimate of drug-likeness (QED) is 0.784. The molecule has 1 aliphatic rings. The highest BCUT2D eigenvalue weighted by Gasteiger charge is 2.34. The summed E-state index contributed by atoms with van der Waals surface area (Å²) in [6, 6.07) is 2.23. The van der Waals surface area contributed by atoms with Gasteiger partial charge in [-0.15, -0.1) is 0 Å². The Balaban J connectivity index is 2.18. The maximum Gasteiger partial charge on any atom is 0.326 e. The van der Waals surface area contributed by atoms with Gasteiger partial charge < -0.3 is 20.1 Å². The maximum absolute atomic E-state index is 12.2. The third-order valence-electron chi connectivity index (χ3n) is 3.28. The SMILES string of the molecule is COc1cc(NC(=O)N2CCCC2C(=O)O)c(Br)cc1Br. The number of aliphatic carboxylic acids is 1. The smallest absolute Gasteiger partial charge is 0.326 e. The molecule has 0 spiro atoms. The van der Waals surface area contributed by atoms with E-state index in [1.165, 1.54) is 12.0 Å². The number of carbonyl (C=O) groups excluding carboxylic acids is 1. The first-order valence-corrected chi connectivity index (χ1v) is 7.86. The lowest BCUT2D eigenvalue weighted by molar-refractivity contribution is -0.141. The van der Waals surface area contributed by atoms with E-state index in [9.17, 15) is 9.59 Å². The third kappa shape index (κ3) is 3.49. The summed E-state index contributed by atoms with van der Waals surface area (Å²) in [6.07, 6.45) is 1.17. The van der Waals surface area contributed by atoms with Gasteiger partial charge in [-0.3, -0.25) is 0 Å². The van der Waals surface area contributed by atoms with Crippen molar-refractivity contribution < 1.29 is 19.4 Å². The molecule has 0 aromatic heterocycles. The molecule has 1 aromatic carbocycles. The number of urea groups is 1. The second-order valence-electron chi connectivity index (χ2n) is 4.59. The molecule has 1 atom stereocenters. The molecule has 0 aliphatic carbocycles. The van der Waals surface area contributed by atoms with Gasteiger partial charge in [-0.05, 0) is 50.8 Å². The topological polar surface area (TPSA) is 78.9 Å². The fourth-order valence-corrected chi connectivity index (χ4v) is 3.49. The number of carboxylic acid groups (broad SMARTS) is 1. The summed E-state index contributed by atoms with van der Waals surface area (Å²) < 4.78 is 6.61. The molecular weight excluding hydrogens is 408 g/mol. The Kier molecular flexibility index (Phi) is 5.10. The molecule has 1 aliphatic heterocycles. The molecule has 2 rings (SSSR count). The Morgan fingerprint density at radius 3 is 2.71 bits per heavy atom. The summed E-state index contributed by atoms with van der Waals surface area (Å²) in [5, 5.41) is 11.8. The summed E-state index contributed by atoms with van der Waals surface area (Å²) >= 11 is 6.70. The number of likely N-dealkylation sites (tertiary alicyclic amines) is 1. The highest BCUT2D eigenvalue weighted by Crippen LogP contribution is 2.35. The van der Waals surface area contributed by atoms with E-state index in [-0.39, 0.29) is 0 Å². The number of methoxy groups -OCH3 is 1. The van der Waals surface area contributed by atoms with Crippen LogP contribution in [0.2, 0.25) is 0 Å². The van der Waals surface area contributed by atoms with Crippen LogP contribution in [0.5, 0.6) is 5.75 Å². The number of rotatable bonds is 3. The van der Waals surface area contributed by atoms with Crippen LogP contribution >= 0.6 is 31.9 Å². The number of amides is 2. The second-order valence-corrected chi connectivity index (χ2v) is 6.30. The summed E-state index contributed by atoms with van der Waals surface area (Å²) in [7, 11) is 1.53. The van der Waals surface area contributed by atoms with Gasteiger partial charge in [0.15, 0.2) is 0 Å². The standard InChI is InChI=1S/C13H14Br2N2O4/c1-21-11-6-9(7(14)5-8(11)15)16-13(20)17-4-2-3-10(17)12(18)19/h5-6,10H,2-4H2,1H3,(H,16,20)(H,18,19). The fourth-order valence-electron chi connectivity index (χ4n) is 2.23. The van der Waals surface area contributed by atoms with Crippen LogP contribution in [-0.4, -0.2) is 41.7 Å². The molecule has 1 fully saturated rings. The van der Waals surface area contributed by atoms with Crippen molar-refractivity contribution in [1.29, 1.82) is 0 Å². The highest BCUT2D eigenvalue weighted by atomic mass is 79.9. The number of benzene rings is 1. The van der Waals surface area contributed by atoms with Gasteiger partial charge in [0.1, 0.15) is 11.8 Å². The van der Waals surface area contributed by atoms with Crippen LogP contribution in [-0.2, 0) is 4.79 Å². The molecule has 0 bridgehead atoms. The number of anilines is 1. The van der Waals surface area contributed by atoms with E-state index in [1.54, 1.807) is 12.1 Å². The first-order valence-electron chi connectivity index (χ1n) is 6.27. The second kappa shape index (κ2) is 6.65. The number of nitrogens with zero attached hydrogens (tertiary/aromatic N) is 1. The van der Waals surface area contributed by atoms with Crippen LogP contribution in [0.1, 0.15) is 12.8 Å². The Hall–Kier alpha value is -1.28. The van der Waals surface area contributed by atoms with Gasteiger partial charge in [0, 0.05) is 17.1 Å². The molecule has 1 saturated heterocycles. The Morgan fingerprint density at radius 1 is 1.38 bits per heavy atom. The van der Waals surface area contributed by atoms with Gasteiger partial charge in [0.25, 0.3) is 0 Å². The molecule has 21 heavy (non-hydrogen) atoms. The molecule has 2 N–H and O–H groups in total. The van der Waals surface area contributed by atoms with Gasteiger partial charge in [0.05, 0.1) is 17.3 Å². The first kappa shape index (κ1) is 16.1. The third-order valence-corrected chi connectivity index (χ3v) is 4.56. The van der Waals surface area contributed by atoms with Crippen molar-refractivity contribution >= 4 is 49.5 Å². The zero-order chi connectivity index (χ0) is 15.6. The average Bonchev–Trinajstić information content (AvgIpc) is 2.91. The zero-order valence-electron chi connectivity index (χ0n) is 11.2. The van der Waals surface area contributed by atoms with Gasteiger partial charge in [-0.1, -0.05) is 0 Å². The minimum Gasteiger partial charge on any atom is -0.495 e. The lowest BCUT2D eigenvalue weighted by atomic mass is 10.2. The summed E-state index contributed by atoms with van der Waals surface area (Å²) in [5.74, 6) is -0.403. The minimum absolute atomic E-state index is 0.426. The summed E-state index contributed by atoms with van der Waals surface area (Å²) in [4.78, 5) is 24.7. The number of ether oxygens (including phenoxy) is 1. The molecule has 0 saturated carbocycles. The van der Waals surface area contributed by atoms with E-state index >= 15 is 0 Å². The molecule has 2 amide bonds. The number of hydrogen-bond acceptors (Lipinski definition) is 3. The van der Waals surface area contributed by atoms with Gasteiger partial charge in [-0.25, -0.2) is 9.59 Å². The monoisotopic (exact) mass is 420 g/mol. The predicted molar refractivity (Wildman–Crippen MR) is 84.8 cm³/mol. The predicted octanol–water partition coefficient (Wildman–Crippen LogP) is 3.30. The van der Waals surface area contributed by atoms with Gasteiger partial charge in [-0.2, -0.15) is 0 Å². The van der Waals surface area contributed by atoms with E-state index in [0.717, 1.165) is 4.47 Å². The van der Waals surface area contributed by atoms with Crippen LogP contribution in [0.3, 0.4) is 0 Å². The van der Waals surface area contributed by atoms with E-state index in [1.807, 2.05) is 0 Å². The Morgan fingerprint density at radius 2 is 2.10 bits per heavy atom. The molecular formula is C13H14Br2N2O4. The molecule has 1 aromatic rings. The largest absolute Gasteiger partial charge is 0.495 e. The normalized spacial score (nSPS) is 17.7. The number of carbonyl (C=O) groups is 2. The molecule has 1 heterocycles. The van der Waals surface area contributed by atoms with Crippen LogP contribution in [0, 0.1) is 0 Å². The first-order chi connectivity index (χ1) is 9.93. The molecule has 6 nitrogen and oxygen atoms in total.